The van der Waals surface area contributed by atoms with Crippen molar-refractivity contribution in [2.45, 2.75) is 57.5 Å². The van der Waals surface area contributed by atoms with Crippen LogP contribution in [-0.4, -0.2) is 25.8 Å². The van der Waals surface area contributed by atoms with Gasteiger partial charge in [-0.3, -0.25) is 0 Å². The van der Waals surface area contributed by atoms with Crippen LogP contribution in [-0.2, 0) is 4.74 Å². The van der Waals surface area contributed by atoms with Crippen molar-refractivity contribution in [1.82, 2.24) is 5.32 Å². The maximum absolute atomic E-state index is 5.95. The van der Waals surface area contributed by atoms with Gasteiger partial charge >= 0.3 is 0 Å². The van der Waals surface area contributed by atoms with Crippen molar-refractivity contribution in [2.24, 2.45) is 5.92 Å². The summed E-state index contributed by atoms with van der Waals surface area (Å²) in [5.74, 6) is 0.973. The molecule has 0 aromatic rings. The molecule has 0 radical (unpaired) electrons. The highest BCUT2D eigenvalue weighted by molar-refractivity contribution is 5.85. The zero-order valence-electron chi connectivity index (χ0n) is 10.2. The van der Waals surface area contributed by atoms with Gasteiger partial charge in [0.05, 0.1) is 6.10 Å². The molecule has 1 aliphatic carbocycles. The molecule has 16 heavy (non-hydrogen) atoms. The summed E-state index contributed by atoms with van der Waals surface area (Å²) in [5.41, 5.74) is 0. The van der Waals surface area contributed by atoms with Crippen LogP contribution in [0.1, 0.15) is 51.4 Å². The molecule has 0 atom stereocenters. The molecule has 2 rings (SSSR count). The van der Waals surface area contributed by atoms with E-state index >= 15 is 0 Å². The molecule has 0 aromatic carbocycles. The highest BCUT2D eigenvalue weighted by Crippen LogP contribution is 2.26. The SMILES string of the molecule is C1CCC(CCOC2CCNCC2)CC1.Cl. The minimum atomic E-state index is 0. The van der Waals surface area contributed by atoms with E-state index < -0.39 is 0 Å². The fraction of sp³-hybridized carbons (Fsp3) is 1.00. The van der Waals surface area contributed by atoms with Crippen molar-refractivity contribution >= 4 is 12.4 Å². The van der Waals surface area contributed by atoms with Crippen LogP contribution in [0.25, 0.3) is 0 Å². The first-order valence-electron chi connectivity index (χ1n) is 6.77. The average molecular weight is 248 g/mol. The molecule has 1 aliphatic heterocycles. The zero-order chi connectivity index (χ0) is 10.3. The molecule has 3 heteroatoms. The Morgan fingerprint density at radius 2 is 1.62 bits per heavy atom. The first-order chi connectivity index (χ1) is 7.45. The molecule has 96 valence electrons. The predicted molar refractivity (Wildman–Crippen MR) is 70.3 cm³/mol. The number of hydrogen-bond acceptors (Lipinski definition) is 2. The Balaban J connectivity index is 0.00000128. The molecular weight excluding hydrogens is 222 g/mol. The van der Waals surface area contributed by atoms with E-state index in [0.717, 1.165) is 25.6 Å². The molecule has 1 N–H and O–H groups in total. The van der Waals surface area contributed by atoms with E-state index in [1.807, 2.05) is 0 Å². The standard InChI is InChI=1S/C13H25NO.ClH/c1-2-4-12(5-3-1)8-11-15-13-6-9-14-10-7-13;/h12-14H,1-11H2;1H. The molecule has 2 fully saturated rings. The van der Waals surface area contributed by atoms with Gasteiger partial charge in [0.2, 0.25) is 0 Å². The molecule has 0 amide bonds. The van der Waals surface area contributed by atoms with Crippen LogP contribution in [0.15, 0.2) is 0 Å². The summed E-state index contributed by atoms with van der Waals surface area (Å²) in [4.78, 5) is 0. The van der Waals surface area contributed by atoms with Crippen molar-refractivity contribution in [3.8, 4) is 0 Å². The molecule has 2 nitrogen and oxygen atoms in total. The van der Waals surface area contributed by atoms with Gasteiger partial charge in [0, 0.05) is 6.61 Å². The van der Waals surface area contributed by atoms with Crippen molar-refractivity contribution < 1.29 is 4.74 Å². The van der Waals surface area contributed by atoms with E-state index in [1.54, 1.807) is 0 Å². The van der Waals surface area contributed by atoms with Gasteiger partial charge in [0.1, 0.15) is 0 Å². The lowest BCUT2D eigenvalue weighted by Gasteiger charge is -2.25. The Morgan fingerprint density at radius 1 is 0.938 bits per heavy atom. The third kappa shape index (κ3) is 5.03. The first-order valence-corrected chi connectivity index (χ1v) is 6.77. The van der Waals surface area contributed by atoms with Crippen LogP contribution in [0, 0.1) is 5.92 Å². The van der Waals surface area contributed by atoms with E-state index in [2.05, 4.69) is 5.32 Å². The molecular formula is C13H26ClNO. The Hall–Kier alpha value is 0.210. The minimum Gasteiger partial charge on any atom is -0.378 e. The second-order valence-corrected chi connectivity index (χ2v) is 5.11. The fourth-order valence-electron chi connectivity index (χ4n) is 2.84. The normalized spacial score (nSPS) is 24.0. The second-order valence-electron chi connectivity index (χ2n) is 5.11. The highest BCUT2D eigenvalue weighted by Gasteiger charge is 2.16. The smallest absolute Gasteiger partial charge is 0.0599 e. The third-order valence-corrected chi connectivity index (χ3v) is 3.89. The lowest BCUT2D eigenvalue weighted by Crippen LogP contribution is -2.32. The van der Waals surface area contributed by atoms with Crippen molar-refractivity contribution in [2.75, 3.05) is 19.7 Å². The fourth-order valence-corrected chi connectivity index (χ4v) is 2.84. The number of hydrogen-bond donors (Lipinski definition) is 1. The minimum absolute atomic E-state index is 0. The molecule has 1 heterocycles. The summed E-state index contributed by atoms with van der Waals surface area (Å²) in [6.07, 6.45) is 11.6. The van der Waals surface area contributed by atoms with Crippen LogP contribution >= 0.6 is 12.4 Å². The van der Waals surface area contributed by atoms with Crippen LogP contribution in [0.2, 0.25) is 0 Å². The maximum Gasteiger partial charge on any atom is 0.0599 e. The van der Waals surface area contributed by atoms with E-state index in [1.165, 1.54) is 51.4 Å². The third-order valence-electron chi connectivity index (χ3n) is 3.89. The number of ether oxygens (including phenoxy) is 1. The van der Waals surface area contributed by atoms with Gasteiger partial charge in [-0.1, -0.05) is 32.1 Å². The average Bonchev–Trinajstić information content (AvgIpc) is 2.32. The summed E-state index contributed by atoms with van der Waals surface area (Å²) in [5, 5.41) is 3.37. The maximum atomic E-state index is 5.95. The van der Waals surface area contributed by atoms with E-state index in [0.29, 0.717) is 6.10 Å². The van der Waals surface area contributed by atoms with Crippen LogP contribution < -0.4 is 5.32 Å². The lowest BCUT2D eigenvalue weighted by atomic mass is 9.87. The van der Waals surface area contributed by atoms with Gasteiger partial charge in [-0.25, -0.2) is 0 Å². The number of rotatable bonds is 4. The van der Waals surface area contributed by atoms with Gasteiger partial charge in [-0.2, -0.15) is 0 Å². The number of nitrogens with one attached hydrogen (secondary N) is 1. The topological polar surface area (TPSA) is 21.3 Å². The summed E-state index contributed by atoms with van der Waals surface area (Å²) in [6, 6.07) is 0. The highest BCUT2D eigenvalue weighted by atomic mass is 35.5. The summed E-state index contributed by atoms with van der Waals surface area (Å²) < 4.78 is 5.95. The summed E-state index contributed by atoms with van der Waals surface area (Å²) in [7, 11) is 0. The molecule has 0 bridgehead atoms. The Labute approximate surface area is 106 Å². The van der Waals surface area contributed by atoms with Gasteiger partial charge in [0.25, 0.3) is 0 Å². The van der Waals surface area contributed by atoms with Gasteiger partial charge in [-0.15, -0.1) is 12.4 Å². The van der Waals surface area contributed by atoms with Gasteiger partial charge < -0.3 is 10.1 Å². The summed E-state index contributed by atoms with van der Waals surface area (Å²) in [6.45, 7) is 3.30. The Morgan fingerprint density at radius 3 is 2.31 bits per heavy atom. The van der Waals surface area contributed by atoms with E-state index in [9.17, 15) is 0 Å². The number of halogens is 1. The van der Waals surface area contributed by atoms with Crippen molar-refractivity contribution in [1.29, 1.82) is 0 Å². The van der Waals surface area contributed by atoms with Gasteiger partial charge in [0.15, 0.2) is 0 Å². The number of piperidine rings is 1. The molecule has 0 unspecified atom stereocenters. The van der Waals surface area contributed by atoms with Gasteiger partial charge in [-0.05, 0) is 38.3 Å². The predicted octanol–water partition coefficient (Wildman–Crippen LogP) is 3.15. The molecule has 0 spiro atoms. The molecule has 0 aromatic heterocycles. The summed E-state index contributed by atoms with van der Waals surface area (Å²) >= 11 is 0. The monoisotopic (exact) mass is 247 g/mol. The largest absolute Gasteiger partial charge is 0.378 e. The van der Waals surface area contributed by atoms with Crippen molar-refractivity contribution in [3.63, 3.8) is 0 Å². The van der Waals surface area contributed by atoms with Crippen LogP contribution in [0.5, 0.6) is 0 Å². The van der Waals surface area contributed by atoms with E-state index in [-0.39, 0.29) is 12.4 Å². The second kappa shape index (κ2) is 8.32. The molecule has 1 saturated carbocycles. The zero-order valence-corrected chi connectivity index (χ0v) is 11.1. The molecule has 2 aliphatic rings. The Bertz CT molecular complexity index is 147. The quantitative estimate of drug-likeness (QED) is 0.824. The first kappa shape index (κ1) is 14.3. The lowest BCUT2D eigenvalue weighted by molar-refractivity contribution is 0.0233. The molecule has 1 saturated heterocycles. The van der Waals surface area contributed by atoms with Crippen LogP contribution in [0.3, 0.4) is 0 Å². The van der Waals surface area contributed by atoms with E-state index in [4.69, 9.17) is 4.74 Å². The Kier molecular flexibility index (Phi) is 7.42. The van der Waals surface area contributed by atoms with Crippen LogP contribution in [0.4, 0.5) is 0 Å². The van der Waals surface area contributed by atoms with Crippen molar-refractivity contribution in [3.05, 3.63) is 0 Å².